The van der Waals surface area contributed by atoms with Gasteiger partial charge in [0.25, 0.3) is 0 Å². The molecule has 1 unspecified atom stereocenters. The summed E-state index contributed by atoms with van der Waals surface area (Å²) in [5.74, 6) is 0.876. The maximum absolute atomic E-state index is 13.4. The van der Waals surface area contributed by atoms with Gasteiger partial charge in [-0.25, -0.2) is 9.38 Å². The maximum Gasteiger partial charge on any atom is 0.196 e. The van der Waals surface area contributed by atoms with Gasteiger partial charge in [0.15, 0.2) is 5.96 Å². The number of benzene rings is 1. The molecule has 0 aromatic heterocycles. The molecule has 1 aromatic rings. The third-order valence-electron chi connectivity index (χ3n) is 4.28. The van der Waals surface area contributed by atoms with Crippen molar-refractivity contribution in [2.45, 2.75) is 24.5 Å². The van der Waals surface area contributed by atoms with E-state index in [9.17, 15) is 4.39 Å². The van der Waals surface area contributed by atoms with Crippen LogP contribution in [-0.4, -0.2) is 42.7 Å². The van der Waals surface area contributed by atoms with Crippen molar-refractivity contribution in [1.82, 2.24) is 15.5 Å². The van der Waals surface area contributed by atoms with Crippen LogP contribution in [0.15, 0.2) is 41.2 Å². The first kappa shape index (κ1) is 15.8. The zero-order chi connectivity index (χ0) is 16.4. The van der Waals surface area contributed by atoms with E-state index in [4.69, 9.17) is 11.5 Å². The summed E-state index contributed by atoms with van der Waals surface area (Å²) in [6.45, 7) is 1.81. The van der Waals surface area contributed by atoms with Crippen molar-refractivity contribution in [2.75, 3.05) is 20.1 Å². The summed E-state index contributed by atoms with van der Waals surface area (Å²) in [5, 5.41) is 6.37. The highest BCUT2D eigenvalue weighted by atomic mass is 19.1. The number of halogens is 1. The highest BCUT2D eigenvalue weighted by molar-refractivity contribution is 5.81. The van der Waals surface area contributed by atoms with Crippen LogP contribution in [0.5, 0.6) is 0 Å². The van der Waals surface area contributed by atoms with Gasteiger partial charge in [0.05, 0.1) is 0 Å². The predicted molar refractivity (Wildman–Crippen MR) is 88.9 cm³/mol. The van der Waals surface area contributed by atoms with Crippen molar-refractivity contribution >= 4 is 5.96 Å². The number of likely N-dealkylation sites (N-methyl/N-ethyl adjacent to an activating group) is 1. The smallest absolute Gasteiger partial charge is 0.196 e. The molecule has 0 amide bonds. The van der Waals surface area contributed by atoms with Crippen LogP contribution in [-0.2, 0) is 6.42 Å². The summed E-state index contributed by atoms with van der Waals surface area (Å²) < 4.78 is 13.4. The molecule has 1 fully saturated rings. The number of hydrogen-bond donors (Lipinski definition) is 4. The molecule has 1 aromatic carbocycles. The monoisotopic (exact) mass is 318 g/mol. The summed E-state index contributed by atoms with van der Waals surface area (Å²) in [7, 11) is 1.96. The van der Waals surface area contributed by atoms with Crippen LogP contribution in [0.25, 0.3) is 0 Å². The van der Waals surface area contributed by atoms with Gasteiger partial charge in [-0.3, -0.25) is 0 Å². The molecule has 6 nitrogen and oxygen atoms in total. The predicted octanol–water partition coefficient (Wildman–Crippen LogP) is 0.0762. The largest absolute Gasteiger partial charge is 0.370 e. The Morgan fingerprint density at radius 2 is 2.35 bits per heavy atom. The molecular formula is C16H23FN6. The fraction of sp³-hybridized carbons (Fsp3) is 0.438. The normalized spacial score (nSPS) is 27.4. The Morgan fingerprint density at radius 3 is 3.04 bits per heavy atom. The summed E-state index contributed by atoms with van der Waals surface area (Å²) in [6.07, 6.45) is 3.33. The van der Waals surface area contributed by atoms with Gasteiger partial charge in [-0.05, 0) is 37.2 Å². The van der Waals surface area contributed by atoms with Crippen molar-refractivity contribution in [3.63, 3.8) is 0 Å². The van der Waals surface area contributed by atoms with Crippen molar-refractivity contribution in [2.24, 2.45) is 16.5 Å². The molecule has 2 aliphatic rings. The van der Waals surface area contributed by atoms with Crippen LogP contribution in [0.4, 0.5) is 4.39 Å². The zero-order valence-electron chi connectivity index (χ0n) is 13.2. The molecule has 23 heavy (non-hydrogen) atoms. The minimum Gasteiger partial charge on any atom is -0.370 e. The lowest BCUT2D eigenvalue weighted by atomic mass is 9.99. The van der Waals surface area contributed by atoms with Crippen LogP contribution in [0.2, 0.25) is 0 Å². The molecule has 1 saturated heterocycles. The highest BCUT2D eigenvalue weighted by Crippen LogP contribution is 2.22. The number of rotatable bonds is 4. The Bertz CT molecular complexity index is 643. The van der Waals surface area contributed by atoms with Crippen molar-refractivity contribution in [3.05, 3.63) is 47.5 Å². The molecule has 2 aliphatic heterocycles. The number of nitrogens with zero attached hydrogens (tertiary/aromatic N) is 2. The number of aliphatic imine (C=N–C) groups is 1. The number of nitrogens with two attached hydrogens (primary N) is 2. The second-order valence-electron chi connectivity index (χ2n) is 6.17. The molecular weight excluding hydrogens is 295 g/mol. The summed E-state index contributed by atoms with van der Waals surface area (Å²) in [5.41, 5.74) is 12.1. The molecule has 0 bridgehead atoms. The Kier molecular flexibility index (Phi) is 4.23. The van der Waals surface area contributed by atoms with Crippen molar-refractivity contribution < 1.29 is 4.39 Å². The lowest BCUT2D eigenvalue weighted by molar-refractivity contribution is 0.377. The van der Waals surface area contributed by atoms with Crippen LogP contribution < -0.4 is 22.1 Å². The fourth-order valence-corrected chi connectivity index (χ4v) is 3.14. The number of nitrogens with one attached hydrogen (secondary N) is 2. The molecule has 0 saturated carbocycles. The van der Waals surface area contributed by atoms with Crippen LogP contribution >= 0.6 is 0 Å². The van der Waals surface area contributed by atoms with E-state index in [0.717, 1.165) is 30.9 Å². The molecule has 2 heterocycles. The van der Waals surface area contributed by atoms with Crippen molar-refractivity contribution in [1.29, 1.82) is 0 Å². The molecule has 124 valence electrons. The average molecular weight is 318 g/mol. The second-order valence-corrected chi connectivity index (χ2v) is 6.17. The quantitative estimate of drug-likeness (QED) is 0.631. The van der Waals surface area contributed by atoms with E-state index in [-0.39, 0.29) is 11.8 Å². The standard InChI is InChI=1S/C16H23FN6/c1-20-13-5-6-23(10-13)14-9-16(19,22-15(18)21-14)8-11-3-2-4-12(17)7-11/h2-4,7,9,13,20H,5-6,8,10,19H2,1H3,(H3,18,21,22)/t13-,16?/m1/s1. The van der Waals surface area contributed by atoms with Crippen LogP contribution in [0, 0.1) is 5.82 Å². The van der Waals surface area contributed by atoms with E-state index in [0.29, 0.717) is 12.5 Å². The van der Waals surface area contributed by atoms with Crippen molar-refractivity contribution in [3.8, 4) is 0 Å². The molecule has 0 radical (unpaired) electrons. The van der Waals surface area contributed by atoms with Gasteiger partial charge in [-0.2, -0.15) is 0 Å². The topological polar surface area (TPSA) is 91.7 Å². The molecule has 0 spiro atoms. The number of guanidine groups is 1. The highest BCUT2D eigenvalue weighted by Gasteiger charge is 2.31. The van der Waals surface area contributed by atoms with Gasteiger partial charge < -0.3 is 27.0 Å². The minimum atomic E-state index is -0.976. The zero-order valence-corrected chi connectivity index (χ0v) is 13.2. The lowest BCUT2D eigenvalue weighted by Crippen LogP contribution is -2.51. The first-order valence-corrected chi connectivity index (χ1v) is 7.78. The summed E-state index contributed by atoms with van der Waals surface area (Å²) >= 11 is 0. The fourth-order valence-electron chi connectivity index (χ4n) is 3.14. The average Bonchev–Trinajstić information content (AvgIpc) is 2.94. The summed E-state index contributed by atoms with van der Waals surface area (Å²) in [4.78, 5) is 6.52. The Hall–Kier alpha value is -2.12. The van der Waals surface area contributed by atoms with Crippen LogP contribution in [0.1, 0.15) is 12.0 Å². The van der Waals surface area contributed by atoms with Crippen LogP contribution in [0.3, 0.4) is 0 Å². The molecule has 3 rings (SSSR count). The van der Waals surface area contributed by atoms with Gasteiger partial charge in [-0.15, -0.1) is 0 Å². The van der Waals surface area contributed by atoms with Gasteiger partial charge in [-0.1, -0.05) is 12.1 Å². The van der Waals surface area contributed by atoms with E-state index < -0.39 is 5.66 Å². The van der Waals surface area contributed by atoms with E-state index in [1.165, 1.54) is 12.1 Å². The molecule has 2 atom stereocenters. The maximum atomic E-state index is 13.4. The van der Waals surface area contributed by atoms with Gasteiger partial charge in [0.1, 0.15) is 17.3 Å². The number of hydrogen-bond acceptors (Lipinski definition) is 6. The minimum absolute atomic E-state index is 0.280. The Labute approximate surface area is 135 Å². The second kappa shape index (κ2) is 6.17. The lowest BCUT2D eigenvalue weighted by Gasteiger charge is -2.32. The SMILES string of the molecule is CN[C@@H]1CCN(C2=CC(N)(Cc3cccc(F)c3)N=C(N)N2)C1. The first-order chi connectivity index (χ1) is 11.0. The molecule has 0 aliphatic carbocycles. The third kappa shape index (κ3) is 3.62. The van der Waals surface area contributed by atoms with E-state index in [2.05, 4.69) is 20.5 Å². The Morgan fingerprint density at radius 1 is 1.52 bits per heavy atom. The van der Waals surface area contributed by atoms with Gasteiger partial charge in [0.2, 0.25) is 0 Å². The van der Waals surface area contributed by atoms with E-state index in [1.54, 1.807) is 6.07 Å². The third-order valence-corrected chi connectivity index (χ3v) is 4.28. The van der Waals surface area contributed by atoms with E-state index >= 15 is 0 Å². The molecule has 7 heteroatoms. The Balaban J connectivity index is 1.81. The molecule has 6 N–H and O–H groups in total. The van der Waals surface area contributed by atoms with Gasteiger partial charge in [0, 0.05) is 25.6 Å². The van der Waals surface area contributed by atoms with E-state index in [1.807, 2.05) is 19.2 Å². The number of likely N-dealkylation sites (tertiary alicyclic amines) is 1. The summed E-state index contributed by atoms with van der Waals surface area (Å²) in [6, 6.07) is 6.85. The van der Waals surface area contributed by atoms with Gasteiger partial charge >= 0.3 is 0 Å². The first-order valence-electron chi connectivity index (χ1n) is 7.78.